The Labute approximate surface area is 168 Å². The molecular weight excluding hydrogens is 380 g/mol. The fourth-order valence-electron chi connectivity index (χ4n) is 2.85. The van der Waals surface area contributed by atoms with E-state index >= 15 is 0 Å². The molecular formula is C22H23F2NO4. The summed E-state index contributed by atoms with van der Waals surface area (Å²) in [7, 11) is 0. The van der Waals surface area contributed by atoms with Gasteiger partial charge >= 0.3 is 6.61 Å². The normalized spacial score (nSPS) is 16.3. The highest BCUT2D eigenvalue weighted by atomic mass is 19.3. The number of carbonyl (C=O) groups is 1. The molecule has 0 radical (unpaired) electrons. The summed E-state index contributed by atoms with van der Waals surface area (Å²) in [5.74, 6) is 0.594. The van der Waals surface area contributed by atoms with E-state index in [-0.39, 0.29) is 17.8 Å². The molecule has 5 nitrogen and oxygen atoms in total. The van der Waals surface area contributed by atoms with Crippen molar-refractivity contribution < 1.29 is 27.8 Å². The van der Waals surface area contributed by atoms with Gasteiger partial charge in [-0.05, 0) is 54.3 Å². The van der Waals surface area contributed by atoms with Gasteiger partial charge in [0.15, 0.2) is 0 Å². The van der Waals surface area contributed by atoms with E-state index in [0.29, 0.717) is 18.7 Å². The van der Waals surface area contributed by atoms with Crippen LogP contribution in [0.4, 0.5) is 8.78 Å². The summed E-state index contributed by atoms with van der Waals surface area (Å²) in [5, 5.41) is 2.79. The van der Waals surface area contributed by atoms with Crippen molar-refractivity contribution in [3.8, 4) is 11.5 Å². The maximum atomic E-state index is 12.1. The Morgan fingerprint density at radius 2 is 1.86 bits per heavy atom. The lowest BCUT2D eigenvalue weighted by atomic mass is 10.2. The number of halogens is 2. The number of hydrogen-bond donors (Lipinski definition) is 1. The third kappa shape index (κ3) is 7.19. The Bertz CT molecular complexity index is 801. The highest BCUT2D eigenvalue weighted by Gasteiger charge is 2.15. The third-order valence-electron chi connectivity index (χ3n) is 4.38. The van der Waals surface area contributed by atoms with Crippen LogP contribution >= 0.6 is 0 Å². The summed E-state index contributed by atoms with van der Waals surface area (Å²) in [6, 6.07) is 13.6. The molecule has 0 spiro atoms. The van der Waals surface area contributed by atoms with Gasteiger partial charge < -0.3 is 19.5 Å². The highest BCUT2D eigenvalue weighted by Crippen LogP contribution is 2.17. The van der Waals surface area contributed by atoms with Gasteiger partial charge in [0, 0.05) is 19.2 Å². The SMILES string of the molecule is O=C(C=Cc1ccc(OC(F)F)cc1)NCc1ccc(OCC2CCCO2)cc1. The van der Waals surface area contributed by atoms with Gasteiger partial charge in [0.05, 0.1) is 6.10 Å². The molecule has 7 heteroatoms. The molecule has 0 bridgehead atoms. The van der Waals surface area contributed by atoms with E-state index in [2.05, 4.69) is 10.1 Å². The molecule has 1 N–H and O–H groups in total. The smallest absolute Gasteiger partial charge is 0.387 e. The van der Waals surface area contributed by atoms with Crippen molar-refractivity contribution in [1.82, 2.24) is 5.32 Å². The zero-order chi connectivity index (χ0) is 20.5. The number of alkyl halides is 2. The standard InChI is InChI=1S/C22H23F2NO4/c23-22(24)29-19-10-3-16(4-11-19)7-12-21(26)25-14-17-5-8-18(9-6-17)28-15-20-2-1-13-27-20/h3-12,20,22H,1-2,13-15H2,(H,25,26). The van der Waals surface area contributed by atoms with Crippen LogP contribution in [0, 0.1) is 0 Å². The fraction of sp³-hybridized carbons (Fsp3) is 0.318. The van der Waals surface area contributed by atoms with Crippen LogP contribution in [-0.4, -0.2) is 31.8 Å². The maximum absolute atomic E-state index is 12.1. The first-order chi connectivity index (χ1) is 14.1. The first-order valence-electron chi connectivity index (χ1n) is 9.42. The van der Waals surface area contributed by atoms with Crippen LogP contribution in [0.2, 0.25) is 0 Å². The van der Waals surface area contributed by atoms with E-state index in [1.54, 1.807) is 18.2 Å². The van der Waals surface area contributed by atoms with Crippen molar-refractivity contribution in [1.29, 1.82) is 0 Å². The van der Waals surface area contributed by atoms with Crippen LogP contribution in [0.3, 0.4) is 0 Å². The fourth-order valence-corrected chi connectivity index (χ4v) is 2.85. The largest absolute Gasteiger partial charge is 0.491 e. The third-order valence-corrected chi connectivity index (χ3v) is 4.38. The number of carbonyl (C=O) groups excluding carboxylic acids is 1. The van der Waals surface area contributed by atoms with Crippen LogP contribution < -0.4 is 14.8 Å². The van der Waals surface area contributed by atoms with Crippen LogP contribution in [0.15, 0.2) is 54.6 Å². The average Bonchev–Trinajstić information content (AvgIpc) is 3.24. The molecule has 3 rings (SSSR count). The molecule has 1 aliphatic heterocycles. The zero-order valence-corrected chi connectivity index (χ0v) is 15.9. The van der Waals surface area contributed by atoms with E-state index in [0.717, 1.165) is 30.8 Å². The van der Waals surface area contributed by atoms with Crippen LogP contribution in [-0.2, 0) is 16.1 Å². The summed E-state index contributed by atoms with van der Waals surface area (Å²) < 4.78 is 39.8. The van der Waals surface area contributed by atoms with Crippen molar-refractivity contribution in [2.75, 3.05) is 13.2 Å². The second kappa shape index (κ2) is 10.6. The van der Waals surface area contributed by atoms with E-state index < -0.39 is 6.61 Å². The lowest BCUT2D eigenvalue weighted by Crippen LogP contribution is -2.20. The second-order valence-electron chi connectivity index (χ2n) is 6.59. The number of rotatable bonds is 9. The Balaban J connectivity index is 1.40. The molecule has 29 heavy (non-hydrogen) atoms. The Morgan fingerprint density at radius 3 is 2.52 bits per heavy atom. The predicted octanol–water partition coefficient (Wildman–Crippen LogP) is 4.18. The molecule has 1 aliphatic rings. The number of ether oxygens (including phenoxy) is 3. The maximum Gasteiger partial charge on any atom is 0.387 e. The van der Waals surface area contributed by atoms with Crippen molar-refractivity contribution in [2.45, 2.75) is 32.1 Å². The summed E-state index contributed by atoms with van der Waals surface area (Å²) in [5.41, 5.74) is 1.65. The van der Waals surface area contributed by atoms with Crippen molar-refractivity contribution in [2.24, 2.45) is 0 Å². The summed E-state index contributed by atoms with van der Waals surface area (Å²) in [4.78, 5) is 12.0. The van der Waals surface area contributed by atoms with Crippen molar-refractivity contribution >= 4 is 12.0 Å². The van der Waals surface area contributed by atoms with Gasteiger partial charge in [-0.25, -0.2) is 0 Å². The summed E-state index contributed by atoms with van der Waals surface area (Å²) in [6.07, 6.45) is 5.28. The van der Waals surface area contributed by atoms with Gasteiger partial charge in [0.2, 0.25) is 5.91 Å². The number of hydrogen-bond acceptors (Lipinski definition) is 4. The average molecular weight is 403 g/mol. The molecule has 0 aromatic heterocycles. The lowest BCUT2D eigenvalue weighted by molar-refractivity contribution is -0.116. The van der Waals surface area contributed by atoms with Crippen LogP contribution in [0.1, 0.15) is 24.0 Å². The Morgan fingerprint density at radius 1 is 1.14 bits per heavy atom. The molecule has 154 valence electrons. The first kappa shape index (κ1) is 20.8. The number of amides is 1. The predicted molar refractivity (Wildman–Crippen MR) is 105 cm³/mol. The quantitative estimate of drug-likeness (QED) is 0.639. The minimum Gasteiger partial charge on any atom is -0.491 e. The van der Waals surface area contributed by atoms with Gasteiger partial charge in [-0.3, -0.25) is 4.79 Å². The summed E-state index contributed by atoms with van der Waals surface area (Å²) >= 11 is 0. The van der Waals surface area contributed by atoms with Crippen LogP contribution in [0.5, 0.6) is 11.5 Å². The molecule has 1 atom stereocenters. The minimum atomic E-state index is -2.86. The summed E-state index contributed by atoms with van der Waals surface area (Å²) in [6.45, 7) is -1.12. The van der Waals surface area contributed by atoms with Crippen LogP contribution in [0.25, 0.3) is 6.08 Å². The van der Waals surface area contributed by atoms with Crippen molar-refractivity contribution in [3.63, 3.8) is 0 Å². The van der Waals surface area contributed by atoms with E-state index in [1.807, 2.05) is 24.3 Å². The molecule has 1 fully saturated rings. The monoisotopic (exact) mass is 403 g/mol. The Hall–Kier alpha value is -2.93. The highest BCUT2D eigenvalue weighted by molar-refractivity contribution is 5.91. The zero-order valence-electron chi connectivity index (χ0n) is 15.9. The molecule has 2 aromatic carbocycles. The molecule has 0 aliphatic carbocycles. The molecule has 1 amide bonds. The van der Waals surface area contributed by atoms with Gasteiger partial charge in [0.25, 0.3) is 0 Å². The number of benzene rings is 2. The minimum absolute atomic E-state index is 0.0739. The van der Waals surface area contributed by atoms with Crippen molar-refractivity contribution in [3.05, 3.63) is 65.7 Å². The topological polar surface area (TPSA) is 56.8 Å². The molecule has 2 aromatic rings. The lowest BCUT2D eigenvalue weighted by Gasteiger charge is -2.11. The first-order valence-corrected chi connectivity index (χ1v) is 9.42. The van der Waals surface area contributed by atoms with Gasteiger partial charge in [-0.1, -0.05) is 24.3 Å². The second-order valence-corrected chi connectivity index (χ2v) is 6.59. The van der Waals surface area contributed by atoms with Gasteiger partial charge in [-0.2, -0.15) is 8.78 Å². The Kier molecular flexibility index (Phi) is 7.58. The van der Waals surface area contributed by atoms with E-state index in [9.17, 15) is 13.6 Å². The van der Waals surface area contributed by atoms with E-state index in [4.69, 9.17) is 9.47 Å². The molecule has 1 heterocycles. The molecule has 0 saturated carbocycles. The number of nitrogens with one attached hydrogen (secondary N) is 1. The molecule has 1 unspecified atom stereocenters. The van der Waals surface area contributed by atoms with E-state index in [1.165, 1.54) is 18.2 Å². The van der Waals surface area contributed by atoms with Gasteiger partial charge in [0.1, 0.15) is 18.1 Å². The molecule has 1 saturated heterocycles. The van der Waals surface area contributed by atoms with Gasteiger partial charge in [-0.15, -0.1) is 0 Å².